The average Bonchev–Trinajstić information content (AvgIpc) is 2.79. The van der Waals surface area contributed by atoms with Crippen LogP contribution in [0.25, 0.3) is 6.08 Å². The maximum Gasteiger partial charge on any atom is 0.0140 e. The average molecular weight is 201 g/mol. The minimum Gasteiger partial charge on any atom is -0.311 e. The summed E-state index contributed by atoms with van der Waals surface area (Å²) >= 11 is 0. The first-order valence-electron chi connectivity index (χ1n) is 5.90. The molecule has 1 fully saturated rings. The van der Waals surface area contributed by atoms with E-state index >= 15 is 0 Å². The Kier molecular flexibility index (Phi) is 3.98. The quantitative estimate of drug-likeness (QED) is 0.788. The molecule has 0 bridgehead atoms. The molecule has 0 spiro atoms. The van der Waals surface area contributed by atoms with Gasteiger partial charge in [-0.2, -0.15) is 0 Å². The van der Waals surface area contributed by atoms with Gasteiger partial charge in [-0.05, 0) is 18.4 Å². The Labute approximate surface area is 92.2 Å². The minimum atomic E-state index is 0.769. The Hall–Kier alpha value is -1.08. The van der Waals surface area contributed by atoms with E-state index in [1.54, 1.807) is 0 Å². The normalized spacial score (nSPS) is 17.6. The van der Waals surface area contributed by atoms with Gasteiger partial charge in [0.15, 0.2) is 0 Å². The lowest BCUT2D eigenvalue weighted by Gasteiger charge is -2.08. The molecule has 0 heterocycles. The predicted octanol–water partition coefficient (Wildman–Crippen LogP) is 3.23. The molecule has 1 N–H and O–H groups in total. The molecule has 1 saturated carbocycles. The Morgan fingerprint density at radius 2 is 1.87 bits per heavy atom. The van der Waals surface area contributed by atoms with Gasteiger partial charge in [0, 0.05) is 12.6 Å². The maximum atomic E-state index is 3.57. The highest BCUT2D eigenvalue weighted by molar-refractivity contribution is 5.48. The molecule has 1 heteroatoms. The maximum absolute atomic E-state index is 3.57. The zero-order valence-corrected chi connectivity index (χ0v) is 9.15. The first-order valence-corrected chi connectivity index (χ1v) is 5.90. The Morgan fingerprint density at radius 1 is 1.13 bits per heavy atom. The summed E-state index contributed by atoms with van der Waals surface area (Å²) in [6.07, 6.45) is 9.92. The van der Waals surface area contributed by atoms with E-state index in [2.05, 4.69) is 41.7 Å². The molecule has 1 aromatic carbocycles. The van der Waals surface area contributed by atoms with E-state index in [0.29, 0.717) is 0 Å². The molecule has 0 aliphatic heterocycles. The predicted molar refractivity (Wildman–Crippen MR) is 65.7 cm³/mol. The third-order valence-corrected chi connectivity index (χ3v) is 2.99. The van der Waals surface area contributed by atoms with Gasteiger partial charge >= 0.3 is 0 Å². The third kappa shape index (κ3) is 3.52. The summed E-state index contributed by atoms with van der Waals surface area (Å²) in [6, 6.07) is 11.2. The topological polar surface area (TPSA) is 12.0 Å². The van der Waals surface area contributed by atoms with Crippen molar-refractivity contribution in [1.29, 1.82) is 0 Å². The SMILES string of the molecule is C(=C/c1ccccc1)/CNC1CCCC1. The monoisotopic (exact) mass is 201 g/mol. The summed E-state index contributed by atoms with van der Waals surface area (Å²) in [6.45, 7) is 1.000. The van der Waals surface area contributed by atoms with Crippen molar-refractivity contribution in [1.82, 2.24) is 5.32 Å². The Balaban J connectivity index is 1.71. The van der Waals surface area contributed by atoms with E-state index in [9.17, 15) is 0 Å². The lowest BCUT2D eigenvalue weighted by atomic mass is 10.2. The smallest absolute Gasteiger partial charge is 0.0140 e. The summed E-state index contributed by atoms with van der Waals surface area (Å²) in [5, 5.41) is 3.57. The third-order valence-electron chi connectivity index (χ3n) is 2.99. The van der Waals surface area contributed by atoms with Crippen LogP contribution >= 0.6 is 0 Å². The van der Waals surface area contributed by atoms with E-state index in [-0.39, 0.29) is 0 Å². The first-order chi connectivity index (χ1) is 7.45. The molecule has 1 aliphatic rings. The van der Waals surface area contributed by atoms with E-state index < -0.39 is 0 Å². The number of rotatable bonds is 4. The van der Waals surface area contributed by atoms with Crippen molar-refractivity contribution >= 4 is 6.08 Å². The van der Waals surface area contributed by atoms with Crippen molar-refractivity contribution in [3.05, 3.63) is 42.0 Å². The van der Waals surface area contributed by atoms with Gasteiger partial charge in [0.05, 0.1) is 0 Å². The second-order valence-corrected chi connectivity index (χ2v) is 4.20. The molecule has 0 atom stereocenters. The van der Waals surface area contributed by atoms with Gasteiger partial charge in [-0.3, -0.25) is 0 Å². The van der Waals surface area contributed by atoms with Crippen LogP contribution in [0.2, 0.25) is 0 Å². The van der Waals surface area contributed by atoms with Crippen LogP contribution in [0.1, 0.15) is 31.2 Å². The Morgan fingerprint density at radius 3 is 2.60 bits per heavy atom. The molecule has 15 heavy (non-hydrogen) atoms. The van der Waals surface area contributed by atoms with Crippen LogP contribution in [0.15, 0.2) is 36.4 Å². The van der Waals surface area contributed by atoms with Crippen molar-refractivity contribution in [2.45, 2.75) is 31.7 Å². The molecular weight excluding hydrogens is 182 g/mol. The molecule has 0 amide bonds. The van der Waals surface area contributed by atoms with Crippen LogP contribution in [-0.4, -0.2) is 12.6 Å². The molecular formula is C14H19N. The lowest BCUT2D eigenvalue weighted by Crippen LogP contribution is -2.25. The zero-order valence-electron chi connectivity index (χ0n) is 9.15. The standard InChI is InChI=1S/C14H19N/c1-2-7-13(8-3-1)9-6-12-15-14-10-4-5-11-14/h1-3,6-9,14-15H,4-5,10-12H2/b9-6-. The van der Waals surface area contributed by atoms with Crippen LogP contribution < -0.4 is 5.32 Å². The second kappa shape index (κ2) is 5.72. The fourth-order valence-corrected chi connectivity index (χ4v) is 2.12. The van der Waals surface area contributed by atoms with Gasteiger partial charge < -0.3 is 5.32 Å². The van der Waals surface area contributed by atoms with Crippen molar-refractivity contribution in [3.63, 3.8) is 0 Å². The van der Waals surface area contributed by atoms with Gasteiger partial charge in [0.1, 0.15) is 0 Å². The number of nitrogens with one attached hydrogen (secondary N) is 1. The summed E-state index contributed by atoms with van der Waals surface area (Å²) in [5.74, 6) is 0. The molecule has 0 saturated heterocycles. The minimum absolute atomic E-state index is 0.769. The van der Waals surface area contributed by atoms with Crippen LogP contribution in [0.3, 0.4) is 0 Å². The highest BCUT2D eigenvalue weighted by Gasteiger charge is 2.12. The van der Waals surface area contributed by atoms with Crippen molar-refractivity contribution in [2.24, 2.45) is 0 Å². The van der Waals surface area contributed by atoms with Gasteiger partial charge in [0.2, 0.25) is 0 Å². The van der Waals surface area contributed by atoms with Gasteiger partial charge in [-0.25, -0.2) is 0 Å². The number of hydrogen-bond donors (Lipinski definition) is 1. The second-order valence-electron chi connectivity index (χ2n) is 4.20. The number of benzene rings is 1. The van der Waals surface area contributed by atoms with E-state index in [4.69, 9.17) is 0 Å². The van der Waals surface area contributed by atoms with Crippen LogP contribution in [0.4, 0.5) is 0 Å². The molecule has 80 valence electrons. The van der Waals surface area contributed by atoms with Crippen molar-refractivity contribution in [2.75, 3.05) is 6.54 Å². The zero-order chi connectivity index (χ0) is 10.3. The van der Waals surface area contributed by atoms with Crippen molar-refractivity contribution in [3.8, 4) is 0 Å². The summed E-state index contributed by atoms with van der Waals surface area (Å²) in [4.78, 5) is 0. The van der Waals surface area contributed by atoms with Gasteiger partial charge in [-0.1, -0.05) is 55.3 Å². The van der Waals surface area contributed by atoms with Crippen LogP contribution in [0, 0.1) is 0 Å². The van der Waals surface area contributed by atoms with Crippen LogP contribution in [-0.2, 0) is 0 Å². The van der Waals surface area contributed by atoms with Crippen LogP contribution in [0.5, 0.6) is 0 Å². The summed E-state index contributed by atoms with van der Waals surface area (Å²) in [7, 11) is 0. The molecule has 0 aromatic heterocycles. The van der Waals surface area contributed by atoms with E-state index in [1.165, 1.54) is 31.2 Å². The fraction of sp³-hybridized carbons (Fsp3) is 0.429. The largest absolute Gasteiger partial charge is 0.311 e. The van der Waals surface area contributed by atoms with E-state index in [1.807, 2.05) is 6.07 Å². The first kappa shape index (κ1) is 10.4. The van der Waals surface area contributed by atoms with Crippen molar-refractivity contribution < 1.29 is 0 Å². The van der Waals surface area contributed by atoms with E-state index in [0.717, 1.165) is 12.6 Å². The highest BCUT2D eigenvalue weighted by atomic mass is 14.9. The van der Waals surface area contributed by atoms with Gasteiger partial charge in [-0.15, -0.1) is 0 Å². The molecule has 1 nitrogen and oxygen atoms in total. The Bertz CT molecular complexity index is 296. The molecule has 0 radical (unpaired) electrons. The number of hydrogen-bond acceptors (Lipinski definition) is 1. The highest BCUT2D eigenvalue weighted by Crippen LogP contribution is 2.17. The summed E-state index contributed by atoms with van der Waals surface area (Å²) < 4.78 is 0. The molecule has 1 aliphatic carbocycles. The van der Waals surface area contributed by atoms with Gasteiger partial charge in [0.25, 0.3) is 0 Å². The molecule has 2 rings (SSSR count). The fourth-order valence-electron chi connectivity index (χ4n) is 2.12. The lowest BCUT2D eigenvalue weighted by molar-refractivity contribution is 0.557. The molecule has 1 aromatic rings. The molecule has 0 unspecified atom stereocenters. The summed E-state index contributed by atoms with van der Waals surface area (Å²) in [5.41, 5.74) is 1.28.